The molecule has 3 rings (SSSR count). The van der Waals surface area contributed by atoms with Crippen LogP contribution in [0, 0.1) is 11.3 Å². The van der Waals surface area contributed by atoms with Crippen molar-refractivity contribution in [2.24, 2.45) is 0 Å². The number of aromatic amines is 1. The van der Waals surface area contributed by atoms with Crippen molar-refractivity contribution in [3.05, 3.63) is 63.5 Å². The summed E-state index contributed by atoms with van der Waals surface area (Å²) in [5.41, 5.74) is 2.33. The lowest BCUT2D eigenvalue weighted by Crippen LogP contribution is -2.06. The summed E-state index contributed by atoms with van der Waals surface area (Å²) in [4.78, 5) is 19.3. The fraction of sp³-hybridized carbons (Fsp3) is 0.105. The van der Waals surface area contributed by atoms with Gasteiger partial charge in [-0.2, -0.15) is 5.26 Å². The summed E-state index contributed by atoms with van der Waals surface area (Å²) in [7, 11) is 0. The Bertz CT molecular complexity index is 1050. The number of nitrogens with zero attached hydrogens (tertiary/aromatic N) is 2. The number of aromatic nitrogens is 2. The van der Waals surface area contributed by atoms with E-state index in [2.05, 4.69) is 16.0 Å². The van der Waals surface area contributed by atoms with Gasteiger partial charge in [0.25, 0.3) is 0 Å². The molecule has 0 aliphatic heterocycles. The lowest BCUT2D eigenvalue weighted by atomic mass is 10.0. The quantitative estimate of drug-likeness (QED) is 0.499. The highest BCUT2D eigenvalue weighted by Gasteiger charge is 2.20. The second-order valence-corrected chi connectivity index (χ2v) is 6.19. The van der Waals surface area contributed by atoms with Gasteiger partial charge in [0.2, 0.25) is 0 Å². The summed E-state index contributed by atoms with van der Waals surface area (Å²) < 4.78 is 5.12. The number of halogens is 2. The number of nitrogens with one attached hydrogen (secondary N) is 1. The Labute approximate surface area is 159 Å². The first kappa shape index (κ1) is 18.0. The Kier molecular flexibility index (Phi) is 5.27. The number of rotatable bonds is 4. The van der Waals surface area contributed by atoms with Gasteiger partial charge in [-0.15, -0.1) is 0 Å². The fourth-order valence-electron chi connectivity index (χ4n) is 2.64. The Morgan fingerprint density at radius 1 is 1.35 bits per heavy atom. The summed E-state index contributed by atoms with van der Waals surface area (Å²) in [5, 5.41) is 11.0. The van der Waals surface area contributed by atoms with Crippen molar-refractivity contribution in [2.45, 2.75) is 6.92 Å². The third kappa shape index (κ3) is 3.43. The van der Waals surface area contributed by atoms with Crippen LogP contribution in [-0.4, -0.2) is 22.5 Å². The predicted molar refractivity (Wildman–Crippen MR) is 102 cm³/mol. The number of fused-ring (bicyclic) bond motifs is 1. The van der Waals surface area contributed by atoms with E-state index in [-0.39, 0.29) is 12.3 Å². The van der Waals surface area contributed by atoms with Gasteiger partial charge in [0.15, 0.2) is 0 Å². The van der Waals surface area contributed by atoms with E-state index in [4.69, 9.17) is 27.9 Å². The van der Waals surface area contributed by atoms with Gasteiger partial charge in [0.05, 0.1) is 23.3 Å². The third-order valence-electron chi connectivity index (χ3n) is 3.73. The maximum absolute atomic E-state index is 12.4. The molecule has 0 unspecified atom stereocenters. The summed E-state index contributed by atoms with van der Waals surface area (Å²) in [6.07, 6.45) is 4.80. The van der Waals surface area contributed by atoms with E-state index in [9.17, 15) is 10.1 Å². The van der Waals surface area contributed by atoms with Gasteiger partial charge >= 0.3 is 5.97 Å². The van der Waals surface area contributed by atoms with Gasteiger partial charge in [0.1, 0.15) is 5.69 Å². The van der Waals surface area contributed by atoms with Gasteiger partial charge in [-0.1, -0.05) is 23.2 Å². The van der Waals surface area contributed by atoms with Crippen LogP contribution in [0.4, 0.5) is 0 Å². The number of allylic oxidation sites excluding steroid dienone is 1. The number of carbonyl (C=O) groups excluding carboxylic acids is 1. The molecule has 0 saturated carbocycles. The molecule has 7 heteroatoms. The highest BCUT2D eigenvalue weighted by atomic mass is 35.5. The lowest BCUT2D eigenvalue weighted by Gasteiger charge is -2.03. The lowest BCUT2D eigenvalue weighted by molar-refractivity contribution is 0.0520. The topological polar surface area (TPSA) is 78.8 Å². The largest absolute Gasteiger partial charge is 0.461 e. The van der Waals surface area contributed by atoms with E-state index in [1.54, 1.807) is 49.7 Å². The molecule has 0 fully saturated rings. The maximum atomic E-state index is 12.4. The number of ether oxygens (including phenoxy) is 1. The first-order chi connectivity index (χ1) is 12.5. The number of benzene rings is 1. The molecule has 3 aromatic rings. The summed E-state index contributed by atoms with van der Waals surface area (Å²) in [6.45, 7) is 1.94. The fourth-order valence-corrected chi connectivity index (χ4v) is 3.23. The number of hydrogen-bond donors (Lipinski definition) is 1. The second-order valence-electron chi connectivity index (χ2n) is 5.35. The molecule has 0 atom stereocenters. The maximum Gasteiger partial charge on any atom is 0.355 e. The van der Waals surface area contributed by atoms with E-state index in [0.29, 0.717) is 37.6 Å². The SMILES string of the molecule is CCOC(=O)c1[nH]c2cc(Cl)cc(Cl)c2c1/C=C(\C#N)c1ccncc1. The summed E-state index contributed by atoms with van der Waals surface area (Å²) in [6, 6.07) is 8.83. The molecule has 0 spiro atoms. The summed E-state index contributed by atoms with van der Waals surface area (Å²) in [5.74, 6) is -0.533. The van der Waals surface area contributed by atoms with Gasteiger partial charge in [-0.25, -0.2) is 4.79 Å². The van der Waals surface area contributed by atoms with Crippen molar-refractivity contribution >= 4 is 51.7 Å². The Balaban J connectivity index is 2.29. The molecule has 26 heavy (non-hydrogen) atoms. The molecule has 0 amide bonds. The van der Waals surface area contributed by atoms with Crippen molar-refractivity contribution in [1.82, 2.24) is 9.97 Å². The monoisotopic (exact) mass is 385 g/mol. The van der Waals surface area contributed by atoms with Gasteiger partial charge in [0, 0.05) is 33.9 Å². The molecule has 2 aromatic heterocycles. The van der Waals surface area contributed by atoms with Crippen molar-refractivity contribution in [3.8, 4) is 6.07 Å². The highest BCUT2D eigenvalue weighted by molar-refractivity contribution is 6.39. The van der Waals surface area contributed by atoms with E-state index in [0.717, 1.165) is 0 Å². The van der Waals surface area contributed by atoms with Crippen LogP contribution in [0.1, 0.15) is 28.5 Å². The average molecular weight is 386 g/mol. The molecule has 0 saturated heterocycles. The molecule has 0 radical (unpaired) electrons. The van der Waals surface area contributed by atoms with Gasteiger partial charge < -0.3 is 9.72 Å². The van der Waals surface area contributed by atoms with Crippen LogP contribution in [0.2, 0.25) is 10.0 Å². The van der Waals surface area contributed by atoms with Gasteiger partial charge in [-0.05, 0) is 42.8 Å². The second kappa shape index (κ2) is 7.61. The van der Waals surface area contributed by atoms with Crippen molar-refractivity contribution in [3.63, 3.8) is 0 Å². The Hall–Kier alpha value is -2.81. The molecule has 0 aliphatic carbocycles. The Morgan fingerprint density at radius 2 is 2.08 bits per heavy atom. The standard InChI is InChI=1S/C19H13Cl2N3O2/c1-2-26-19(25)18-14(7-12(10-22)11-3-5-23-6-4-11)17-15(21)8-13(20)9-16(17)24-18/h3-9,24H,2H2,1H3/b12-7+. The van der Waals surface area contributed by atoms with E-state index >= 15 is 0 Å². The van der Waals surface area contributed by atoms with E-state index in [1.807, 2.05) is 0 Å². The minimum atomic E-state index is -0.533. The predicted octanol–water partition coefficient (Wildman–Crippen LogP) is 5.11. The molecule has 0 bridgehead atoms. The molecule has 1 N–H and O–H groups in total. The minimum absolute atomic E-state index is 0.216. The van der Waals surface area contributed by atoms with Crippen molar-refractivity contribution < 1.29 is 9.53 Å². The number of nitriles is 1. The number of pyridine rings is 1. The Morgan fingerprint density at radius 3 is 2.73 bits per heavy atom. The molecule has 1 aromatic carbocycles. The number of esters is 1. The number of carbonyl (C=O) groups is 1. The van der Waals surface area contributed by atoms with Gasteiger partial charge in [-0.3, -0.25) is 4.98 Å². The van der Waals surface area contributed by atoms with Crippen molar-refractivity contribution in [2.75, 3.05) is 6.61 Å². The minimum Gasteiger partial charge on any atom is -0.461 e. The van der Waals surface area contributed by atoms with Crippen LogP contribution in [0.3, 0.4) is 0 Å². The van der Waals surface area contributed by atoms with Crippen LogP contribution < -0.4 is 0 Å². The highest BCUT2D eigenvalue weighted by Crippen LogP contribution is 2.35. The molecule has 0 aliphatic rings. The van der Waals surface area contributed by atoms with E-state index in [1.165, 1.54) is 0 Å². The smallest absolute Gasteiger partial charge is 0.355 e. The van der Waals surface area contributed by atoms with Crippen LogP contribution in [0.15, 0.2) is 36.7 Å². The first-order valence-electron chi connectivity index (χ1n) is 7.75. The summed E-state index contributed by atoms with van der Waals surface area (Å²) >= 11 is 12.4. The van der Waals surface area contributed by atoms with Crippen LogP contribution in [0.5, 0.6) is 0 Å². The van der Waals surface area contributed by atoms with Crippen molar-refractivity contribution in [1.29, 1.82) is 5.26 Å². The number of H-pyrrole nitrogens is 1. The normalized spacial score (nSPS) is 11.4. The molecule has 130 valence electrons. The van der Waals surface area contributed by atoms with E-state index < -0.39 is 5.97 Å². The third-order valence-corrected chi connectivity index (χ3v) is 4.25. The molecule has 2 heterocycles. The van der Waals surface area contributed by atoms with Crippen LogP contribution >= 0.6 is 23.2 Å². The molecular weight excluding hydrogens is 373 g/mol. The average Bonchev–Trinajstić information content (AvgIpc) is 2.99. The molecular formula is C19H13Cl2N3O2. The zero-order valence-electron chi connectivity index (χ0n) is 13.7. The number of hydrogen-bond acceptors (Lipinski definition) is 4. The zero-order chi connectivity index (χ0) is 18.7. The van der Waals surface area contributed by atoms with Crippen LogP contribution in [0.25, 0.3) is 22.6 Å². The first-order valence-corrected chi connectivity index (χ1v) is 8.50. The molecule has 5 nitrogen and oxygen atoms in total. The van der Waals surface area contributed by atoms with Crippen LogP contribution in [-0.2, 0) is 4.74 Å². The zero-order valence-corrected chi connectivity index (χ0v) is 15.2.